The number of amides is 1. The monoisotopic (exact) mass is 310 g/mol. The van der Waals surface area contributed by atoms with Crippen LogP contribution in [0.2, 0.25) is 0 Å². The molecule has 0 aromatic carbocycles. The number of rotatable bonds is 4. The van der Waals surface area contributed by atoms with Gasteiger partial charge in [-0.2, -0.15) is 10.2 Å². The maximum atomic E-state index is 12.4. The van der Waals surface area contributed by atoms with Crippen LogP contribution in [0.25, 0.3) is 5.65 Å². The van der Waals surface area contributed by atoms with Crippen molar-refractivity contribution in [1.29, 1.82) is 0 Å². The Hall–Kier alpha value is -2.70. The Balaban J connectivity index is 1.62. The van der Waals surface area contributed by atoms with E-state index >= 15 is 0 Å². The van der Waals surface area contributed by atoms with E-state index < -0.39 is 0 Å². The summed E-state index contributed by atoms with van der Waals surface area (Å²) in [4.78, 5) is 17.0. The van der Waals surface area contributed by atoms with Gasteiger partial charge < -0.3 is 5.32 Å². The molecule has 0 bridgehead atoms. The van der Waals surface area contributed by atoms with Crippen molar-refractivity contribution < 1.29 is 4.79 Å². The van der Waals surface area contributed by atoms with Crippen molar-refractivity contribution >= 4 is 17.2 Å². The van der Waals surface area contributed by atoms with Crippen LogP contribution >= 0.6 is 0 Å². The molecule has 118 valence electrons. The second-order valence-electron chi connectivity index (χ2n) is 5.80. The number of nitrogens with one attached hydrogen (secondary N) is 1. The predicted octanol–water partition coefficient (Wildman–Crippen LogP) is 2.47. The Bertz CT molecular complexity index is 860. The van der Waals surface area contributed by atoms with E-state index in [0.29, 0.717) is 22.9 Å². The first-order valence-electron chi connectivity index (χ1n) is 7.94. The summed E-state index contributed by atoms with van der Waals surface area (Å²) >= 11 is 0. The third-order valence-corrected chi connectivity index (χ3v) is 4.29. The van der Waals surface area contributed by atoms with Crippen molar-refractivity contribution in [2.45, 2.75) is 38.6 Å². The zero-order valence-corrected chi connectivity index (χ0v) is 12.9. The summed E-state index contributed by atoms with van der Waals surface area (Å²) in [5, 5.41) is 11.6. The predicted molar refractivity (Wildman–Crippen MR) is 85.4 cm³/mol. The van der Waals surface area contributed by atoms with Crippen molar-refractivity contribution in [3.05, 3.63) is 42.1 Å². The van der Waals surface area contributed by atoms with Gasteiger partial charge in [-0.3, -0.25) is 9.48 Å². The van der Waals surface area contributed by atoms with Crippen LogP contribution in [0.3, 0.4) is 0 Å². The van der Waals surface area contributed by atoms with Crippen molar-refractivity contribution in [1.82, 2.24) is 24.4 Å². The molecule has 0 aliphatic heterocycles. The number of pyridine rings is 1. The van der Waals surface area contributed by atoms with E-state index in [4.69, 9.17) is 0 Å². The Kier molecular flexibility index (Phi) is 3.33. The first-order valence-corrected chi connectivity index (χ1v) is 7.94. The molecule has 1 fully saturated rings. The van der Waals surface area contributed by atoms with Crippen LogP contribution in [0.5, 0.6) is 0 Å². The zero-order valence-electron chi connectivity index (χ0n) is 12.9. The average Bonchev–Trinajstić information content (AvgIpc) is 3.12. The first kappa shape index (κ1) is 13.9. The van der Waals surface area contributed by atoms with E-state index in [1.165, 1.54) is 6.42 Å². The summed E-state index contributed by atoms with van der Waals surface area (Å²) in [6.07, 6.45) is 7.18. The van der Waals surface area contributed by atoms with Crippen LogP contribution in [0.15, 0.2) is 30.6 Å². The van der Waals surface area contributed by atoms with Gasteiger partial charge in [-0.15, -0.1) is 0 Å². The number of carbonyl (C=O) groups excluding carboxylic acids is 1. The van der Waals surface area contributed by atoms with Crippen LogP contribution in [-0.2, 0) is 6.54 Å². The standard InChI is InChI=1S/C16H18N6O/c1-2-21-10-8-13(19-21)16(23)17-12-7-4-9-22-15(12)18-14(20-22)11-5-3-6-11/h4,7-11H,2-3,5-6H2,1H3,(H,17,23). The Morgan fingerprint density at radius 2 is 2.17 bits per heavy atom. The molecule has 1 saturated carbocycles. The maximum absolute atomic E-state index is 12.4. The highest BCUT2D eigenvalue weighted by atomic mass is 16.2. The van der Waals surface area contributed by atoms with Gasteiger partial charge in [-0.05, 0) is 38.0 Å². The lowest BCUT2D eigenvalue weighted by Gasteiger charge is -2.21. The number of carbonyl (C=O) groups is 1. The van der Waals surface area contributed by atoms with Crippen LogP contribution in [-0.4, -0.2) is 30.3 Å². The van der Waals surface area contributed by atoms with Gasteiger partial charge >= 0.3 is 0 Å². The van der Waals surface area contributed by atoms with Crippen molar-refractivity contribution in [2.75, 3.05) is 5.32 Å². The second kappa shape index (κ2) is 5.49. The number of hydrogen-bond donors (Lipinski definition) is 1. The summed E-state index contributed by atoms with van der Waals surface area (Å²) in [5.74, 6) is 1.09. The summed E-state index contributed by atoms with van der Waals surface area (Å²) in [5.41, 5.74) is 1.73. The first-order chi connectivity index (χ1) is 11.2. The number of nitrogens with zero attached hydrogens (tertiary/aromatic N) is 5. The lowest BCUT2D eigenvalue weighted by atomic mass is 9.85. The molecule has 1 N–H and O–H groups in total. The Morgan fingerprint density at radius 3 is 2.87 bits per heavy atom. The van der Waals surface area contributed by atoms with Crippen LogP contribution in [0, 0.1) is 0 Å². The Labute approximate surface area is 133 Å². The number of aromatic nitrogens is 5. The van der Waals surface area contributed by atoms with Gasteiger partial charge in [0, 0.05) is 24.9 Å². The lowest BCUT2D eigenvalue weighted by Crippen LogP contribution is -2.14. The van der Waals surface area contributed by atoms with E-state index in [-0.39, 0.29) is 5.91 Å². The third-order valence-electron chi connectivity index (χ3n) is 4.29. The minimum Gasteiger partial charge on any atom is -0.317 e. The summed E-state index contributed by atoms with van der Waals surface area (Å²) < 4.78 is 3.45. The molecule has 3 aromatic heterocycles. The molecule has 0 saturated heterocycles. The molecule has 0 spiro atoms. The quantitative estimate of drug-likeness (QED) is 0.803. The molecule has 7 heteroatoms. The highest BCUT2D eigenvalue weighted by Gasteiger charge is 2.24. The van der Waals surface area contributed by atoms with E-state index in [1.807, 2.05) is 25.3 Å². The summed E-state index contributed by atoms with van der Waals surface area (Å²) in [7, 11) is 0. The molecule has 3 aromatic rings. The fourth-order valence-corrected chi connectivity index (χ4v) is 2.70. The molecule has 3 heterocycles. The van der Waals surface area contributed by atoms with Crippen molar-refractivity contribution in [3.8, 4) is 0 Å². The highest BCUT2D eigenvalue weighted by Crippen LogP contribution is 2.35. The van der Waals surface area contributed by atoms with E-state index in [9.17, 15) is 4.79 Å². The molecule has 1 aliphatic carbocycles. The van der Waals surface area contributed by atoms with Gasteiger partial charge in [-0.25, -0.2) is 9.50 Å². The smallest absolute Gasteiger partial charge is 0.276 e. The SMILES string of the molecule is CCn1ccc(C(=O)Nc2cccn3nc(C4CCC4)nc23)n1. The molecule has 7 nitrogen and oxygen atoms in total. The molecule has 1 aliphatic rings. The number of fused-ring (bicyclic) bond motifs is 1. The molecule has 0 unspecified atom stereocenters. The normalized spacial score (nSPS) is 14.8. The van der Waals surface area contributed by atoms with Gasteiger partial charge in [0.2, 0.25) is 0 Å². The average molecular weight is 310 g/mol. The van der Waals surface area contributed by atoms with Gasteiger partial charge in [0.05, 0.1) is 5.69 Å². The highest BCUT2D eigenvalue weighted by molar-refractivity contribution is 6.04. The van der Waals surface area contributed by atoms with Gasteiger partial charge in [0.15, 0.2) is 17.2 Å². The van der Waals surface area contributed by atoms with E-state index in [2.05, 4.69) is 20.5 Å². The van der Waals surface area contributed by atoms with Crippen molar-refractivity contribution in [3.63, 3.8) is 0 Å². The fourth-order valence-electron chi connectivity index (χ4n) is 2.70. The van der Waals surface area contributed by atoms with Gasteiger partial charge in [-0.1, -0.05) is 6.42 Å². The zero-order chi connectivity index (χ0) is 15.8. The number of anilines is 1. The summed E-state index contributed by atoms with van der Waals surface area (Å²) in [6.45, 7) is 2.71. The minimum atomic E-state index is -0.238. The topological polar surface area (TPSA) is 77.1 Å². The molecule has 0 radical (unpaired) electrons. The lowest BCUT2D eigenvalue weighted by molar-refractivity contribution is 0.102. The molecular formula is C16H18N6O. The molecule has 0 atom stereocenters. The van der Waals surface area contributed by atoms with E-state index in [0.717, 1.165) is 25.2 Å². The minimum absolute atomic E-state index is 0.238. The summed E-state index contributed by atoms with van der Waals surface area (Å²) in [6, 6.07) is 5.40. The van der Waals surface area contributed by atoms with Gasteiger partial charge in [0.1, 0.15) is 0 Å². The second-order valence-corrected chi connectivity index (χ2v) is 5.80. The van der Waals surface area contributed by atoms with Crippen LogP contribution in [0.1, 0.15) is 48.4 Å². The molecular weight excluding hydrogens is 292 g/mol. The molecule has 23 heavy (non-hydrogen) atoms. The fraction of sp³-hybridized carbons (Fsp3) is 0.375. The largest absolute Gasteiger partial charge is 0.317 e. The van der Waals surface area contributed by atoms with Crippen LogP contribution in [0.4, 0.5) is 5.69 Å². The van der Waals surface area contributed by atoms with E-state index in [1.54, 1.807) is 21.5 Å². The molecule has 4 rings (SSSR count). The molecule has 1 amide bonds. The maximum Gasteiger partial charge on any atom is 0.276 e. The van der Waals surface area contributed by atoms with Crippen LogP contribution < -0.4 is 5.32 Å². The van der Waals surface area contributed by atoms with Crippen molar-refractivity contribution in [2.24, 2.45) is 0 Å². The Morgan fingerprint density at radius 1 is 1.30 bits per heavy atom. The van der Waals surface area contributed by atoms with Gasteiger partial charge in [0.25, 0.3) is 5.91 Å². The number of hydrogen-bond acceptors (Lipinski definition) is 4. The number of aryl methyl sites for hydroxylation is 1. The third kappa shape index (κ3) is 2.48.